The number of anilines is 2. The predicted octanol–water partition coefficient (Wildman–Crippen LogP) is 3.29. The van der Waals surface area contributed by atoms with Gasteiger partial charge in [-0.25, -0.2) is 14.8 Å². The normalized spacial score (nSPS) is 18.3. The molecule has 0 aliphatic carbocycles. The number of carbonyl (C=O) groups is 1. The molecule has 6 rings (SSSR count). The summed E-state index contributed by atoms with van der Waals surface area (Å²) in [6.45, 7) is 1.77. The lowest BCUT2D eigenvalue weighted by Crippen LogP contribution is -2.47. The molecule has 3 N–H and O–H groups in total. The van der Waals surface area contributed by atoms with Crippen molar-refractivity contribution in [2.75, 3.05) is 31.7 Å². The van der Waals surface area contributed by atoms with Gasteiger partial charge in [-0.2, -0.15) is 5.10 Å². The first-order valence-corrected chi connectivity index (χ1v) is 12.0. The maximum atomic E-state index is 12.6. The first-order chi connectivity index (χ1) is 17.7. The molecule has 184 valence electrons. The molecule has 2 aliphatic rings. The number of hydrogen-bond acceptors (Lipinski definition) is 7. The number of methoxy groups -OCH3 is 1. The molecule has 0 spiro atoms. The van der Waals surface area contributed by atoms with Crippen LogP contribution in [0.2, 0.25) is 0 Å². The maximum absolute atomic E-state index is 12.6. The van der Waals surface area contributed by atoms with E-state index in [9.17, 15) is 4.79 Å². The topological polar surface area (TPSA) is 117 Å². The Kier molecular flexibility index (Phi) is 5.76. The zero-order valence-electron chi connectivity index (χ0n) is 19.9. The van der Waals surface area contributed by atoms with Crippen LogP contribution in [0.4, 0.5) is 16.3 Å². The smallest absolute Gasteiger partial charge is 0.315 e. The molecule has 0 saturated heterocycles. The van der Waals surface area contributed by atoms with Crippen molar-refractivity contribution >= 4 is 28.6 Å². The number of H-pyrrole nitrogens is 1. The summed E-state index contributed by atoms with van der Waals surface area (Å²) in [6.07, 6.45) is 4.85. The summed E-state index contributed by atoms with van der Waals surface area (Å²) in [4.78, 5) is 23.6. The van der Waals surface area contributed by atoms with E-state index >= 15 is 0 Å². The lowest BCUT2D eigenvalue weighted by Gasteiger charge is -2.26. The third-order valence-electron chi connectivity index (χ3n) is 6.85. The van der Waals surface area contributed by atoms with Crippen molar-refractivity contribution < 1.29 is 14.3 Å². The third kappa shape index (κ3) is 4.15. The van der Waals surface area contributed by atoms with E-state index < -0.39 is 0 Å². The molecule has 0 saturated carbocycles. The van der Waals surface area contributed by atoms with Crippen molar-refractivity contribution in [1.29, 1.82) is 0 Å². The van der Waals surface area contributed by atoms with Gasteiger partial charge in [-0.3, -0.25) is 5.10 Å². The van der Waals surface area contributed by atoms with Crippen LogP contribution in [-0.2, 0) is 6.42 Å². The van der Waals surface area contributed by atoms with Gasteiger partial charge in [-0.1, -0.05) is 24.3 Å². The number of aromatic nitrogens is 4. The largest absolute Gasteiger partial charge is 0.497 e. The molecule has 0 bridgehead atoms. The zero-order chi connectivity index (χ0) is 24.5. The second kappa shape index (κ2) is 9.37. The number of hydrogen-bond donors (Lipinski definition) is 3. The summed E-state index contributed by atoms with van der Waals surface area (Å²) in [5, 5.41) is 14.0. The summed E-state index contributed by atoms with van der Waals surface area (Å²) in [5.74, 6) is 2.68. The van der Waals surface area contributed by atoms with E-state index in [1.54, 1.807) is 19.6 Å². The van der Waals surface area contributed by atoms with Crippen molar-refractivity contribution in [2.45, 2.75) is 24.8 Å². The second-order valence-electron chi connectivity index (χ2n) is 9.07. The minimum Gasteiger partial charge on any atom is -0.497 e. The lowest BCUT2D eigenvalue weighted by molar-refractivity contribution is 0.214. The SMILES string of the molecule is COc1ccc2c(c1)OCC(NC(=O)NCCC1CN(c3ncnc4[nH]ncc34)c3ccccc31)C2. The quantitative estimate of drug-likeness (QED) is 0.384. The van der Waals surface area contributed by atoms with E-state index in [-0.39, 0.29) is 18.0 Å². The highest BCUT2D eigenvalue weighted by atomic mass is 16.5. The fourth-order valence-electron chi connectivity index (χ4n) is 5.08. The number of urea groups is 1. The number of amides is 2. The van der Waals surface area contributed by atoms with Crippen molar-refractivity contribution in [3.8, 4) is 11.5 Å². The van der Waals surface area contributed by atoms with Crippen LogP contribution in [0, 0.1) is 0 Å². The highest BCUT2D eigenvalue weighted by Crippen LogP contribution is 2.42. The Balaban J connectivity index is 1.07. The number of rotatable bonds is 6. The Hall–Kier alpha value is -4.34. The van der Waals surface area contributed by atoms with E-state index in [1.165, 1.54) is 5.56 Å². The van der Waals surface area contributed by atoms with E-state index in [0.717, 1.165) is 53.3 Å². The Morgan fingerprint density at radius 1 is 1.25 bits per heavy atom. The molecule has 2 aliphatic heterocycles. The third-order valence-corrected chi connectivity index (χ3v) is 6.85. The van der Waals surface area contributed by atoms with Gasteiger partial charge in [0.15, 0.2) is 5.65 Å². The van der Waals surface area contributed by atoms with Gasteiger partial charge in [0.2, 0.25) is 0 Å². The summed E-state index contributed by atoms with van der Waals surface area (Å²) in [5.41, 5.74) is 4.16. The van der Waals surface area contributed by atoms with Crippen molar-refractivity contribution in [1.82, 2.24) is 30.8 Å². The van der Waals surface area contributed by atoms with Gasteiger partial charge in [0.25, 0.3) is 0 Å². The fourth-order valence-corrected chi connectivity index (χ4v) is 5.08. The number of nitrogens with zero attached hydrogens (tertiary/aromatic N) is 4. The molecule has 2 amide bonds. The van der Waals surface area contributed by atoms with Gasteiger partial charge in [-0.15, -0.1) is 0 Å². The predicted molar refractivity (Wildman–Crippen MR) is 135 cm³/mol. The molecular formula is C26H27N7O3. The van der Waals surface area contributed by atoms with Gasteiger partial charge in [0.05, 0.1) is 24.7 Å². The first-order valence-electron chi connectivity index (χ1n) is 12.0. The van der Waals surface area contributed by atoms with Crippen molar-refractivity contribution in [3.05, 3.63) is 66.1 Å². The van der Waals surface area contributed by atoms with Crippen LogP contribution in [0.1, 0.15) is 23.5 Å². The number of ether oxygens (including phenoxy) is 2. The molecule has 4 heterocycles. The van der Waals surface area contributed by atoms with Crippen molar-refractivity contribution in [3.63, 3.8) is 0 Å². The van der Waals surface area contributed by atoms with Gasteiger partial charge in [0, 0.05) is 30.8 Å². The Morgan fingerprint density at radius 3 is 3.08 bits per heavy atom. The molecule has 4 aromatic rings. The second-order valence-corrected chi connectivity index (χ2v) is 9.07. The number of fused-ring (bicyclic) bond motifs is 3. The highest BCUT2D eigenvalue weighted by molar-refractivity contribution is 5.90. The number of benzene rings is 2. The number of nitrogens with one attached hydrogen (secondary N) is 3. The van der Waals surface area contributed by atoms with Gasteiger partial charge in [-0.05, 0) is 36.1 Å². The fraction of sp³-hybridized carbons (Fsp3) is 0.308. The molecule has 0 radical (unpaired) electrons. The van der Waals surface area contributed by atoms with Gasteiger partial charge >= 0.3 is 6.03 Å². The highest BCUT2D eigenvalue weighted by Gasteiger charge is 2.31. The standard InChI is InChI=1S/C26H27N7O3/c1-35-19-7-6-16-10-18(14-36-23(16)11-19)31-26(34)27-9-8-17-13-33(22-5-3-2-4-20(17)22)25-21-12-30-32-24(21)28-15-29-25/h2-7,11-12,15,17-18H,8-10,13-14H2,1H3,(H2,27,31,34)(H,28,29,30,32). The van der Waals surface area contributed by atoms with Crippen LogP contribution in [0.25, 0.3) is 11.0 Å². The minimum absolute atomic E-state index is 0.0799. The zero-order valence-corrected chi connectivity index (χ0v) is 19.9. The molecule has 2 atom stereocenters. The molecule has 2 unspecified atom stereocenters. The van der Waals surface area contributed by atoms with Crippen LogP contribution in [0.15, 0.2) is 55.0 Å². The van der Waals surface area contributed by atoms with E-state index in [1.807, 2.05) is 24.3 Å². The molecule has 2 aromatic heterocycles. The van der Waals surface area contributed by atoms with Crippen LogP contribution in [0.5, 0.6) is 11.5 Å². The van der Waals surface area contributed by atoms with E-state index in [4.69, 9.17) is 9.47 Å². The van der Waals surface area contributed by atoms with Crippen LogP contribution in [0.3, 0.4) is 0 Å². The van der Waals surface area contributed by atoms with Crippen molar-refractivity contribution in [2.24, 2.45) is 0 Å². The van der Waals surface area contributed by atoms with Gasteiger partial charge in [0.1, 0.15) is 30.3 Å². The molecule has 0 fully saturated rings. The Morgan fingerprint density at radius 2 is 2.17 bits per heavy atom. The summed E-state index contributed by atoms with van der Waals surface area (Å²) < 4.78 is 11.1. The molecule has 2 aromatic carbocycles. The number of aromatic amines is 1. The average Bonchev–Trinajstić information content (AvgIpc) is 3.53. The summed E-state index contributed by atoms with van der Waals surface area (Å²) in [7, 11) is 1.63. The summed E-state index contributed by atoms with van der Waals surface area (Å²) >= 11 is 0. The Bertz CT molecular complexity index is 1410. The number of para-hydroxylation sites is 1. The maximum Gasteiger partial charge on any atom is 0.315 e. The first kappa shape index (κ1) is 22.1. The number of carbonyl (C=O) groups excluding carboxylic acids is 1. The van der Waals surface area contributed by atoms with Gasteiger partial charge < -0.3 is 25.0 Å². The average molecular weight is 486 g/mol. The molecule has 36 heavy (non-hydrogen) atoms. The molecule has 10 heteroatoms. The minimum atomic E-state index is -0.181. The van der Waals surface area contributed by atoms with E-state index in [2.05, 4.69) is 53.9 Å². The van der Waals surface area contributed by atoms with E-state index in [0.29, 0.717) is 18.8 Å². The molecule has 10 nitrogen and oxygen atoms in total. The Labute approximate surface area is 208 Å². The van der Waals surface area contributed by atoms with Crippen LogP contribution >= 0.6 is 0 Å². The monoisotopic (exact) mass is 485 g/mol. The summed E-state index contributed by atoms with van der Waals surface area (Å²) in [6, 6.07) is 13.9. The van der Waals surface area contributed by atoms with Crippen LogP contribution < -0.4 is 25.0 Å². The lowest BCUT2D eigenvalue weighted by atomic mass is 9.98. The molecular weight excluding hydrogens is 458 g/mol. The van der Waals surface area contributed by atoms with Crippen LogP contribution in [-0.4, -0.2) is 59.0 Å².